The maximum absolute atomic E-state index is 6.21. The van der Waals surface area contributed by atoms with Crippen molar-refractivity contribution >= 4 is 17.6 Å². The first-order valence-electron chi connectivity index (χ1n) is 6.84. The summed E-state index contributed by atoms with van der Waals surface area (Å²) in [6.07, 6.45) is 0. The second-order valence-electron chi connectivity index (χ2n) is 5.62. The number of rotatable bonds is 5. The quantitative estimate of drug-likeness (QED) is 0.648. The molecule has 0 aromatic heterocycles. The average Bonchev–Trinajstić information content (AvgIpc) is 2.37. The Kier molecular flexibility index (Phi) is 6.15. The van der Waals surface area contributed by atoms with Crippen LogP contribution < -0.4 is 20.5 Å². The van der Waals surface area contributed by atoms with E-state index in [1.54, 1.807) is 7.11 Å². The molecule has 5 nitrogen and oxygen atoms in total. The Bertz CT molecular complexity index is 510. The summed E-state index contributed by atoms with van der Waals surface area (Å²) < 4.78 is 10.8. The number of methoxy groups -OCH3 is 1. The standard InChI is InChI=1S/C15H24ClN3O2/c1-6-21-13-11(16)7-10(8-12(13)20-5)9-18-14(17)19-15(2,3)4/h7-8H,6,9H2,1-5H3,(H3,17,18,19). The van der Waals surface area contributed by atoms with Gasteiger partial charge in [0.25, 0.3) is 0 Å². The molecule has 118 valence electrons. The Labute approximate surface area is 131 Å². The molecule has 0 saturated heterocycles. The lowest BCUT2D eigenvalue weighted by molar-refractivity contribution is 0.311. The molecule has 0 unspecified atom stereocenters. The van der Waals surface area contributed by atoms with Crippen molar-refractivity contribution in [3.05, 3.63) is 22.7 Å². The molecule has 0 radical (unpaired) electrons. The maximum atomic E-state index is 6.21. The number of nitrogens with zero attached hydrogens (tertiary/aromatic N) is 1. The smallest absolute Gasteiger partial charge is 0.189 e. The van der Waals surface area contributed by atoms with Crippen LogP contribution >= 0.6 is 11.6 Å². The van der Waals surface area contributed by atoms with Crippen molar-refractivity contribution in [2.45, 2.75) is 39.8 Å². The van der Waals surface area contributed by atoms with Crippen LogP contribution in [0.3, 0.4) is 0 Å². The molecular weight excluding hydrogens is 290 g/mol. The molecule has 0 fully saturated rings. The summed E-state index contributed by atoms with van der Waals surface area (Å²) in [5.74, 6) is 1.54. The van der Waals surface area contributed by atoms with Gasteiger partial charge in [-0.1, -0.05) is 11.6 Å². The fourth-order valence-electron chi connectivity index (χ4n) is 1.75. The van der Waals surface area contributed by atoms with E-state index in [0.717, 1.165) is 5.56 Å². The van der Waals surface area contributed by atoms with Crippen molar-refractivity contribution < 1.29 is 9.47 Å². The van der Waals surface area contributed by atoms with Crippen LogP contribution in [-0.2, 0) is 6.54 Å². The molecule has 0 amide bonds. The SMILES string of the molecule is CCOc1c(Cl)cc(CN=C(N)NC(C)(C)C)cc1OC. The minimum absolute atomic E-state index is 0.123. The first-order chi connectivity index (χ1) is 9.76. The summed E-state index contributed by atoms with van der Waals surface area (Å²) in [7, 11) is 1.58. The number of nitrogens with one attached hydrogen (secondary N) is 1. The third kappa shape index (κ3) is 5.71. The molecule has 0 aliphatic rings. The van der Waals surface area contributed by atoms with E-state index in [2.05, 4.69) is 10.3 Å². The van der Waals surface area contributed by atoms with Gasteiger partial charge in [-0.15, -0.1) is 0 Å². The number of aliphatic imine (C=N–C) groups is 1. The van der Waals surface area contributed by atoms with E-state index < -0.39 is 0 Å². The van der Waals surface area contributed by atoms with Crippen LogP contribution in [0.2, 0.25) is 5.02 Å². The first kappa shape index (κ1) is 17.4. The topological polar surface area (TPSA) is 68.9 Å². The predicted octanol–water partition coefficient (Wildman–Crippen LogP) is 2.95. The van der Waals surface area contributed by atoms with Gasteiger partial charge in [-0.2, -0.15) is 0 Å². The molecule has 0 aliphatic heterocycles. The van der Waals surface area contributed by atoms with E-state index >= 15 is 0 Å². The van der Waals surface area contributed by atoms with E-state index in [4.69, 9.17) is 26.8 Å². The number of nitrogens with two attached hydrogens (primary N) is 1. The van der Waals surface area contributed by atoms with E-state index in [0.29, 0.717) is 35.6 Å². The normalized spacial score (nSPS) is 12.2. The molecule has 3 N–H and O–H groups in total. The Morgan fingerprint density at radius 1 is 1.38 bits per heavy atom. The molecule has 6 heteroatoms. The summed E-state index contributed by atoms with van der Waals surface area (Å²) >= 11 is 6.21. The third-order valence-corrected chi connectivity index (χ3v) is 2.79. The van der Waals surface area contributed by atoms with E-state index in [-0.39, 0.29) is 5.54 Å². The lowest BCUT2D eigenvalue weighted by atomic mass is 10.1. The van der Waals surface area contributed by atoms with E-state index in [9.17, 15) is 0 Å². The zero-order valence-electron chi connectivity index (χ0n) is 13.3. The van der Waals surface area contributed by atoms with Gasteiger partial charge in [-0.25, -0.2) is 4.99 Å². The van der Waals surface area contributed by atoms with Gasteiger partial charge in [-0.3, -0.25) is 0 Å². The van der Waals surface area contributed by atoms with E-state index in [1.807, 2.05) is 39.8 Å². The Balaban J connectivity index is 2.90. The molecule has 0 saturated carbocycles. The molecule has 0 heterocycles. The summed E-state index contributed by atoms with van der Waals surface area (Å²) in [6.45, 7) is 8.89. The summed E-state index contributed by atoms with van der Waals surface area (Å²) in [4.78, 5) is 4.30. The predicted molar refractivity (Wildman–Crippen MR) is 87.4 cm³/mol. The lowest BCUT2D eigenvalue weighted by Crippen LogP contribution is -2.44. The summed E-state index contributed by atoms with van der Waals surface area (Å²) in [5.41, 5.74) is 6.62. The zero-order chi connectivity index (χ0) is 16.0. The van der Waals surface area contributed by atoms with Crippen LogP contribution in [0.5, 0.6) is 11.5 Å². The number of halogens is 1. The highest BCUT2D eigenvalue weighted by Crippen LogP contribution is 2.36. The lowest BCUT2D eigenvalue weighted by Gasteiger charge is -2.21. The highest BCUT2D eigenvalue weighted by Gasteiger charge is 2.12. The summed E-state index contributed by atoms with van der Waals surface area (Å²) in [5, 5.41) is 3.61. The van der Waals surface area contributed by atoms with Crippen LogP contribution in [-0.4, -0.2) is 25.2 Å². The second-order valence-corrected chi connectivity index (χ2v) is 6.03. The van der Waals surface area contributed by atoms with Crippen molar-refractivity contribution in [2.24, 2.45) is 10.7 Å². The summed E-state index contributed by atoms with van der Waals surface area (Å²) in [6, 6.07) is 3.66. The number of hydrogen-bond donors (Lipinski definition) is 2. The maximum Gasteiger partial charge on any atom is 0.189 e. The van der Waals surface area contributed by atoms with Crippen LogP contribution in [0.4, 0.5) is 0 Å². The highest BCUT2D eigenvalue weighted by atomic mass is 35.5. The van der Waals surface area contributed by atoms with Crippen molar-refractivity contribution in [2.75, 3.05) is 13.7 Å². The number of ether oxygens (including phenoxy) is 2. The Morgan fingerprint density at radius 3 is 2.57 bits per heavy atom. The molecule has 0 spiro atoms. The van der Waals surface area contributed by atoms with Crippen molar-refractivity contribution in [1.29, 1.82) is 0 Å². The molecule has 0 bridgehead atoms. The van der Waals surface area contributed by atoms with Gasteiger partial charge < -0.3 is 20.5 Å². The fraction of sp³-hybridized carbons (Fsp3) is 0.533. The average molecular weight is 314 g/mol. The van der Waals surface area contributed by atoms with Gasteiger partial charge in [0.05, 0.1) is 25.3 Å². The largest absolute Gasteiger partial charge is 0.493 e. The molecule has 1 aromatic rings. The third-order valence-electron chi connectivity index (χ3n) is 2.51. The van der Waals surface area contributed by atoms with Crippen molar-refractivity contribution in [3.63, 3.8) is 0 Å². The monoisotopic (exact) mass is 313 g/mol. The van der Waals surface area contributed by atoms with Gasteiger partial charge in [0.1, 0.15) is 0 Å². The van der Waals surface area contributed by atoms with Crippen molar-refractivity contribution in [3.8, 4) is 11.5 Å². The minimum atomic E-state index is -0.123. The Morgan fingerprint density at radius 2 is 2.05 bits per heavy atom. The first-order valence-corrected chi connectivity index (χ1v) is 7.22. The molecule has 21 heavy (non-hydrogen) atoms. The van der Waals surface area contributed by atoms with Crippen LogP contribution in [0, 0.1) is 0 Å². The van der Waals surface area contributed by atoms with Gasteiger partial charge in [0, 0.05) is 5.54 Å². The van der Waals surface area contributed by atoms with Crippen molar-refractivity contribution in [1.82, 2.24) is 5.32 Å². The van der Waals surface area contributed by atoms with Crippen LogP contribution in [0.15, 0.2) is 17.1 Å². The molecule has 0 aliphatic carbocycles. The molecule has 0 atom stereocenters. The molecule has 1 aromatic carbocycles. The molecular formula is C15H24ClN3O2. The highest BCUT2D eigenvalue weighted by molar-refractivity contribution is 6.32. The van der Waals surface area contributed by atoms with Gasteiger partial charge in [0.15, 0.2) is 17.5 Å². The minimum Gasteiger partial charge on any atom is -0.493 e. The number of guanidine groups is 1. The molecule has 1 rings (SSSR count). The Hall–Kier alpha value is -1.62. The fourth-order valence-corrected chi connectivity index (χ4v) is 2.04. The number of hydrogen-bond acceptors (Lipinski definition) is 3. The number of benzene rings is 1. The van der Waals surface area contributed by atoms with Gasteiger partial charge >= 0.3 is 0 Å². The van der Waals surface area contributed by atoms with Crippen LogP contribution in [0.1, 0.15) is 33.3 Å². The van der Waals surface area contributed by atoms with Gasteiger partial charge in [0.2, 0.25) is 0 Å². The van der Waals surface area contributed by atoms with E-state index in [1.165, 1.54) is 0 Å². The second kappa shape index (κ2) is 7.41. The zero-order valence-corrected chi connectivity index (χ0v) is 14.0. The van der Waals surface area contributed by atoms with Crippen LogP contribution in [0.25, 0.3) is 0 Å². The van der Waals surface area contributed by atoms with Gasteiger partial charge in [-0.05, 0) is 45.4 Å².